The van der Waals surface area contributed by atoms with Crippen molar-refractivity contribution >= 4 is 32.9 Å². The first-order valence-corrected chi connectivity index (χ1v) is 13.8. The van der Waals surface area contributed by atoms with Crippen LogP contribution in [-0.2, 0) is 14.8 Å². The van der Waals surface area contributed by atoms with Crippen molar-refractivity contribution in [2.45, 2.75) is 51.0 Å². The molecule has 2 aliphatic rings. The molecule has 1 N–H and O–H groups in total. The zero-order valence-corrected chi connectivity index (χ0v) is 21.4. The fraction of sp³-hybridized carbons (Fsp3) is 0.462. The molecule has 0 spiro atoms. The number of aromatic amines is 1. The first-order chi connectivity index (χ1) is 16.8. The van der Waals surface area contributed by atoms with Gasteiger partial charge in [0, 0.05) is 32.7 Å². The molecule has 1 aromatic heterocycles. The van der Waals surface area contributed by atoms with Crippen LogP contribution in [0.4, 0.5) is 5.95 Å². The number of benzene rings is 2. The van der Waals surface area contributed by atoms with Gasteiger partial charge in [0.05, 0.1) is 15.9 Å². The van der Waals surface area contributed by atoms with E-state index in [0.29, 0.717) is 43.9 Å². The number of imidazole rings is 1. The summed E-state index contributed by atoms with van der Waals surface area (Å²) in [6, 6.07) is 11.1. The lowest BCUT2D eigenvalue weighted by Gasteiger charge is -2.30. The molecule has 2 fully saturated rings. The minimum atomic E-state index is -3.77. The lowest BCUT2D eigenvalue weighted by atomic mass is 10.1. The number of hydrogen-bond donors (Lipinski definition) is 1. The van der Waals surface area contributed by atoms with E-state index in [0.717, 1.165) is 46.6 Å². The number of amides is 1. The van der Waals surface area contributed by atoms with E-state index < -0.39 is 16.1 Å². The Labute approximate surface area is 207 Å². The second-order valence-electron chi connectivity index (χ2n) is 9.75. The first-order valence-electron chi connectivity index (χ1n) is 12.3. The van der Waals surface area contributed by atoms with E-state index >= 15 is 0 Å². The number of nitrogens with one attached hydrogen (secondary N) is 1. The topological polar surface area (TPSA) is 89.6 Å². The van der Waals surface area contributed by atoms with Gasteiger partial charge in [-0.25, -0.2) is 13.4 Å². The summed E-state index contributed by atoms with van der Waals surface area (Å²) in [7, 11) is -3.77. The smallest absolute Gasteiger partial charge is 0.244 e. The van der Waals surface area contributed by atoms with E-state index in [4.69, 9.17) is 4.98 Å². The molecule has 1 unspecified atom stereocenters. The fourth-order valence-corrected chi connectivity index (χ4v) is 7.68. The van der Waals surface area contributed by atoms with Gasteiger partial charge in [0.25, 0.3) is 0 Å². The summed E-state index contributed by atoms with van der Waals surface area (Å²) in [4.78, 5) is 26.1. The van der Waals surface area contributed by atoms with Gasteiger partial charge in [-0.1, -0.05) is 29.8 Å². The molecule has 2 saturated heterocycles. The summed E-state index contributed by atoms with van der Waals surface area (Å²) in [5, 5.41) is 0. The largest absolute Gasteiger partial charge is 0.341 e. The highest BCUT2D eigenvalue weighted by atomic mass is 32.2. The lowest BCUT2D eigenvalue weighted by molar-refractivity contribution is -0.134. The van der Waals surface area contributed by atoms with Gasteiger partial charge in [-0.2, -0.15) is 4.31 Å². The van der Waals surface area contributed by atoms with Crippen molar-refractivity contribution in [2.75, 3.05) is 37.6 Å². The highest BCUT2D eigenvalue weighted by molar-refractivity contribution is 7.89. The number of carbonyl (C=O) groups excluding carboxylic acids is 1. The Morgan fingerprint density at radius 2 is 1.71 bits per heavy atom. The number of carbonyl (C=O) groups is 1. The maximum Gasteiger partial charge on any atom is 0.244 e. The van der Waals surface area contributed by atoms with Crippen molar-refractivity contribution in [2.24, 2.45) is 0 Å². The highest BCUT2D eigenvalue weighted by Gasteiger charge is 2.42. The number of aryl methyl sites for hydroxylation is 3. The molecule has 186 valence electrons. The molecular formula is C26H33N5O3S. The number of nitrogens with zero attached hydrogens (tertiary/aromatic N) is 4. The summed E-state index contributed by atoms with van der Waals surface area (Å²) in [5.41, 5.74) is 4.42. The number of hydrogen-bond acceptors (Lipinski definition) is 5. The quantitative estimate of drug-likeness (QED) is 0.599. The van der Waals surface area contributed by atoms with Crippen LogP contribution in [0.3, 0.4) is 0 Å². The summed E-state index contributed by atoms with van der Waals surface area (Å²) in [5.74, 6) is 0.732. The van der Waals surface area contributed by atoms with Crippen LogP contribution < -0.4 is 4.90 Å². The van der Waals surface area contributed by atoms with Crippen molar-refractivity contribution in [3.05, 3.63) is 53.1 Å². The summed E-state index contributed by atoms with van der Waals surface area (Å²) in [6.07, 6.45) is 2.06. The van der Waals surface area contributed by atoms with E-state index in [-0.39, 0.29) is 5.91 Å². The number of sulfonamides is 1. The molecular weight excluding hydrogens is 462 g/mol. The Morgan fingerprint density at radius 1 is 0.971 bits per heavy atom. The number of H-pyrrole nitrogens is 1. The minimum absolute atomic E-state index is 0.0834. The van der Waals surface area contributed by atoms with Crippen molar-refractivity contribution in [1.29, 1.82) is 0 Å². The van der Waals surface area contributed by atoms with Gasteiger partial charge in [-0.3, -0.25) is 4.79 Å². The van der Waals surface area contributed by atoms with Crippen LogP contribution in [-0.4, -0.2) is 72.3 Å². The molecule has 1 amide bonds. The van der Waals surface area contributed by atoms with Crippen molar-refractivity contribution in [3.63, 3.8) is 0 Å². The molecule has 8 nitrogen and oxygen atoms in total. The third-order valence-corrected chi connectivity index (χ3v) is 9.36. The molecule has 2 aromatic carbocycles. The average molecular weight is 496 g/mol. The van der Waals surface area contributed by atoms with E-state index in [1.54, 1.807) is 0 Å². The van der Waals surface area contributed by atoms with Crippen LogP contribution >= 0.6 is 0 Å². The van der Waals surface area contributed by atoms with Gasteiger partial charge < -0.3 is 14.8 Å². The van der Waals surface area contributed by atoms with Gasteiger partial charge in [0.15, 0.2) is 0 Å². The second kappa shape index (κ2) is 9.28. The Kier molecular flexibility index (Phi) is 6.31. The Morgan fingerprint density at radius 3 is 2.46 bits per heavy atom. The lowest BCUT2D eigenvalue weighted by Crippen LogP contribution is -2.48. The van der Waals surface area contributed by atoms with Gasteiger partial charge in [-0.05, 0) is 63.3 Å². The van der Waals surface area contributed by atoms with Gasteiger partial charge in [0.1, 0.15) is 6.04 Å². The second-order valence-corrected chi connectivity index (χ2v) is 11.6. The van der Waals surface area contributed by atoms with Gasteiger partial charge >= 0.3 is 0 Å². The number of anilines is 1. The molecule has 1 atom stereocenters. The fourth-order valence-electron chi connectivity index (χ4n) is 5.62. The van der Waals surface area contributed by atoms with Crippen LogP contribution in [0.5, 0.6) is 0 Å². The maximum atomic E-state index is 13.7. The zero-order valence-electron chi connectivity index (χ0n) is 20.6. The van der Waals surface area contributed by atoms with E-state index in [1.807, 2.05) is 62.1 Å². The molecule has 0 saturated carbocycles. The summed E-state index contributed by atoms with van der Waals surface area (Å²) < 4.78 is 28.9. The molecule has 0 radical (unpaired) electrons. The number of aromatic nitrogens is 2. The van der Waals surface area contributed by atoms with Crippen molar-refractivity contribution in [3.8, 4) is 0 Å². The third kappa shape index (κ3) is 4.43. The average Bonchev–Trinajstić information content (AvgIpc) is 3.40. The third-order valence-electron chi connectivity index (χ3n) is 7.14. The number of para-hydroxylation sites is 2. The van der Waals surface area contributed by atoms with Crippen LogP contribution in [0.15, 0.2) is 41.3 Å². The minimum Gasteiger partial charge on any atom is -0.341 e. The molecule has 35 heavy (non-hydrogen) atoms. The van der Waals surface area contributed by atoms with Gasteiger partial charge in [0.2, 0.25) is 21.9 Å². The predicted octanol–water partition coefficient (Wildman–Crippen LogP) is 3.38. The Hall–Kier alpha value is -2.91. The molecule has 0 aliphatic carbocycles. The standard InChI is InChI=1S/C26H33N5O3S/c1-18-16-19(2)24(20(3)17-18)35(33,34)31-13-6-10-23(31)25(32)29-11-7-12-30(15-14-29)26-27-21-8-4-5-9-22(21)28-26/h4-5,8-9,16-17,23H,6-7,10-15H2,1-3H3,(H,27,28). The van der Waals surface area contributed by atoms with Crippen LogP contribution in [0.1, 0.15) is 36.0 Å². The zero-order chi connectivity index (χ0) is 24.7. The molecule has 3 aromatic rings. The molecule has 9 heteroatoms. The Balaban J connectivity index is 1.33. The van der Waals surface area contributed by atoms with E-state index in [9.17, 15) is 13.2 Å². The molecule has 5 rings (SSSR count). The van der Waals surface area contributed by atoms with Gasteiger partial charge in [-0.15, -0.1) is 0 Å². The monoisotopic (exact) mass is 495 g/mol. The van der Waals surface area contributed by atoms with Crippen LogP contribution in [0.2, 0.25) is 0 Å². The van der Waals surface area contributed by atoms with Crippen molar-refractivity contribution < 1.29 is 13.2 Å². The number of fused-ring (bicyclic) bond motifs is 1. The van der Waals surface area contributed by atoms with Crippen LogP contribution in [0, 0.1) is 20.8 Å². The molecule has 0 bridgehead atoms. The van der Waals surface area contributed by atoms with E-state index in [1.165, 1.54) is 4.31 Å². The van der Waals surface area contributed by atoms with E-state index in [2.05, 4.69) is 9.88 Å². The summed E-state index contributed by atoms with van der Waals surface area (Å²) >= 11 is 0. The highest BCUT2D eigenvalue weighted by Crippen LogP contribution is 2.31. The first kappa shape index (κ1) is 23.8. The normalized spacial score (nSPS) is 19.9. The van der Waals surface area contributed by atoms with Crippen LogP contribution in [0.25, 0.3) is 11.0 Å². The number of rotatable bonds is 4. The maximum absolute atomic E-state index is 13.7. The molecule has 2 aliphatic heterocycles. The Bertz CT molecular complexity index is 1310. The van der Waals surface area contributed by atoms with Crippen molar-refractivity contribution in [1.82, 2.24) is 19.2 Å². The molecule has 3 heterocycles. The SMILES string of the molecule is Cc1cc(C)c(S(=O)(=O)N2CCCC2C(=O)N2CCCN(c3nc4ccccc4[nH]3)CC2)c(C)c1. The predicted molar refractivity (Wildman–Crippen MR) is 137 cm³/mol. The summed E-state index contributed by atoms with van der Waals surface area (Å²) in [6.45, 7) is 8.62.